The van der Waals surface area contributed by atoms with E-state index in [1.54, 1.807) is 43.6 Å². The van der Waals surface area contributed by atoms with Crippen molar-refractivity contribution < 1.29 is 18.8 Å². The van der Waals surface area contributed by atoms with Gasteiger partial charge in [-0.2, -0.15) is 0 Å². The van der Waals surface area contributed by atoms with E-state index >= 15 is 0 Å². The Bertz CT molecular complexity index is 1100. The molecular formula is C22H22Cl2N4O4. The number of benzene rings is 1. The topological polar surface area (TPSA) is 86.1 Å². The summed E-state index contributed by atoms with van der Waals surface area (Å²) in [5.41, 5.74) is 1.57. The van der Waals surface area contributed by atoms with Crippen LogP contribution >= 0.6 is 23.2 Å². The first-order valence-electron chi connectivity index (χ1n) is 10.1. The molecule has 1 aromatic heterocycles. The lowest BCUT2D eigenvalue weighted by Gasteiger charge is -2.33. The molecule has 0 fully saturated rings. The third kappa shape index (κ3) is 4.08. The SMILES string of the molecule is CCN1C(=O)NC(c2ccc(Cl)cc2Cl)C2=C1CN(CC(=O)N(C)Cc1ccco1)C2=O. The van der Waals surface area contributed by atoms with Crippen LogP contribution in [-0.4, -0.2) is 59.2 Å². The Morgan fingerprint density at radius 2 is 2.06 bits per heavy atom. The fourth-order valence-electron chi connectivity index (χ4n) is 3.99. The zero-order chi connectivity index (χ0) is 23.0. The van der Waals surface area contributed by atoms with Crippen LogP contribution in [-0.2, 0) is 16.1 Å². The van der Waals surface area contributed by atoms with Crippen molar-refractivity contribution in [3.63, 3.8) is 0 Å². The molecule has 0 spiro atoms. The molecule has 0 bridgehead atoms. The summed E-state index contributed by atoms with van der Waals surface area (Å²) in [5, 5.41) is 3.67. The summed E-state index contributed by atoms with van der Waals surface area (Å²) in [7, 11) is 1.65. The Morgan fingerprint density at radius 3 is 2.72 bits per heavy atom. The average Bonchev–Trinajstić information content (AvgIpc) is 3.36. The molecule has 168 valence electrons. The monoisotopic (exact) mass is 476 g/mol. The Morgan fingerprint density at radius 1 is 1.28 bits per heavy atom. The molecule has 2 aromatic rings. The zero-order valence-corrected chi connectivity index (χ0v) is 19.1. The van der Waals surface area contributed by atoms with Crippen LogP contribution in [0.3, 0.4) is 0 Å². The van der Waals surface area contributed by atoms with Crippen LogP contribution in [0.1, 0.15) is 24.3 Å². The van der Waals surface area contributed by atoms with Crippen molar-refractivity contribution in [2.75, 3.05) is 26.7 Å². The highest BCUT2D eigenvalue weighted by atomic mass is 35.5. The van der Waals surface area contributed by atoms with Crippen LogP contribution < -0.4 is 5.32 Å². The number of amides is 4. The van der Waals surface area contributed by atoms with Crippen molar-refractivity contribution in [2.45, 2.75) is 19.5 Å². The van der Waals surface area contributed by atoms with Crippen molar-refractivity contribution in [1.29, 1.82) is 0 Å². The van der Waals surface area contributed by atoms with Gasteiger partial charge in [0.2, 0.25) is 5.91 Å². The van der Waals surface area contributed by atoms with Crippen LogP contribution in [0.25, 0.3) is 0 Å². The molecule has 0 radical (unpaired) electrons. The number of halogens is 2. The number of nitrogens with one attached hydrogen (secondary N) is 1. The molecule has 8 nitrogen and oxygen atoms in total. The van der Waals surface area contributed by atoms with E-state index in [2.05, 4.69) is 5.32 Å². The minimum atomic E-state index is -0.724. The van der Waals surface area contributed by atoms with Gasteiger partial charge in [0.1, 0.15) is 12.3 Å². The maximum atomic E-state index is 13.4. The number of hydrogen-bond acceptors (Lipinski definition) is 4. The summed E-state index contributed by atoms with van der Waals surface area (Å²) in [4.78, 5) is 43.4. The molecule has 4 rings (SSSR count). The number of rotatable bonds is 6. The van der Waals surface area contributed by atoms with Gasteiger partial charge in [-0.05, 0) is 36.8 Å². The number of furan rings is 1. The van der Waals surface area contributed by atoms with E-state index in [0.717, 1.165) is 0 Å². The van der Waals surface area contributed by atoms with Crippen molar-refractivity contribution >= 4 is 41.0 Å². The van der Waals surface area contributed by atoms with E-state index in [9.17, 15) is 14.4 Å². The maximum Gasteiger partial charge on any atom is 0.322 e. The van der Waals surface area contributed by atoms with Gasteiger partial charge in [-0.1, -0.05) is 29.3 Å². The molecule has 4 amide bonds. The molecule has 1 unspecified atom stereocenters. The first-order chi connectivity index (χ1) is 15.3. The molecule has 0 aliphatic carbocycles. The summed E-state index contributed by atoms with van der Waals surface area (Å²) < 4.78 is 5.29. The van der Waals surface area contributed by atoms with Gasteiger partial charge in [0.15, 0.2) is 0 Å². The predicted octanol–water partition coefficient (Wildman–Crippen LogP) is 3.43. The Balaban J connectivity index is 1.58. The molecule has 10 heteroatoms. The van der Waals surface area contributed by atoms with Gasteiger partial charge in [-0.3, -0.25) is 14.5 Å². The van der Waals surface area contributed by atoms with E-state index in [1.807, 2.05) is 6.92 Å². The van der Waals surface area contributed by atoms with Crippen LogP contribution in [0.15, 0.2) is 52.3 Å². The first-order valence-corrected chi connectivity index (χ1v) is 10.9. The summed E-state index contributed by atoms with van der Waals surface area (Å²) in [6, 6.07) is 7.41. The number of hydrogen-bond donors (Lipinski definition) is 1. The zero-order valence-electron chi connectivity index (χ0n) is 17.6. The first kappa shape index (κ1) is 22.2. The molecule has 0 saturated carbocycles. The second-order valence-corrected chi connectivity index (χ2v) is 8.49. The van der Waals surface area contributed by atoms with Crippen LogP contribution in [0.2, 0.25) is 10.0 Å². The Labute approximate surface area is 195 Å². The molecule has 1 N–H and O–H groups in total. The summed E-state index contributed by atoms with van der Waals surface area (Å²) in [6.45, 7) is 2.56. The molecule has 2 aliphatic rings. The third-order valence-electron chi connectivity index (χ3n) is 5.61. The fourth-order valence-corrected chi connectivity index (χ4v) is 4.51. The summed E-state index contributed by atoms with van der Waals surface area (Å²) in [6.07, 6.45) is 1.54. The molecule has 3 heterocycles. The van der Waals surface area contributed by atoms with Gasteiger partial charge in [0.25, 0.3) is 5.91 Å². The number of likely N-dealkylation sites (N-methyl/N-ethyl adjacent to an activating group) is 2. The van der Waals surface area contributed by atoms with Gasteiger partial charge < -0.3 is 19.5 Å². The van der Waals surface area contributed by atoms with Gasteiger partial charge in [-0.25, -0.2) is 4.79 Å². The van der Waals surface area contributed by atoms with Crippen LogP contribution in [0.4, 0.5) is 4.79 Å². The quantitative estimate of drug-likeness (QED) is 0.691. The van der Waals surface area contributed by atoms with E-state index in [4.69, 9.17) is 27.6 Å². The standard InChI is InChI=1S/C22H22Cl2N4O4/c1-3-28-17-11-27(12-18(29)26(2)10-14-5-4-8-32-14)21(30)19(17)20(25-22(28)31)15-7-6-13(23)9-16(15)24/h4-9,20H,3,10-12H2,1-2H3,(H,25,31). The van der Waals surface area contributed by atoms with Crippen LogP contribution in [0, 0.1) is 0 Å². The Kier molecular flexibility index (Phi) is 6.17. The highest BCUT2D eigenvalue weighted by Gasteiger charge is 2.44. The van der Waals surface area contributed by atoms with E-state index in [1.165, 1.54) is 14.7 Å². The molecule has 1 atom stereocenters. The summed E-state index contributed by atoms with van der Waals surface area (Å²) >= 11 is 12.4. The lowest BCUT2D eigenvalue weighted by molar-refractivity contribution is -0.137. The molecule has 32 heavy (non-hydrogen) atoms. The highest BCUT2D eigenvalue weighted by molar-refractivity contribution is 6.35. The molecule has 2 aliphatic heterocycles. The second-order valence-electron chi connectivity index (χ2n) is 7.64. The number of nitrogens with zero attached hydrogens (tertiary/aromatic N) is 3. The van der Waals surface area contributed by atoms with E-state index in [-0.39, 0.29) is 30.9 Å². The van der Waals surface area contributed by atoms with Crippen molar-refractivity contribution in [3.8, 4) is 0 Å². The van der Waals surface area contributed by atoms with Gasteiger partial charge in [0.05, 0.1) is 36.7 Å². The fraction of sp³-hybridized carbons (Fsp3) is 0.318. The highest BCUT2D eigenvalue weighted by Crippen LogP contribution is 2.39. The van der Waals surface area contributed by atoms with Gasteiger partial charge in [0, 0.05) is 23.6 Å². The van der Waals surface area contributed by atoms with E-state index < -0.39 is 6.04 Å². The second kappa shape index (κ2) is 8.88. The lowest BCUT2D eigenvalue weighted by atomic mass is 9.95. The van der Waals surface area contributed by atoms with Crippen molar-refractivity contribution in [1.82, 2.24) is 20.0 Å². The maximum absolute atomic E-state index is 13.4. The Hall–Kier alpha value is -2.97. The number of urea groups is 1. The van der Waals surface area contributed by atoms with Crippen molar-refractivity contribution in [3.05, 3.63) is 69.2 Å². The summed E-state index contributed by atoms with van der Waals surface area (Å²) in [5.74, 6) is 0.0997. The lowest BCUT2D eigenvalue weighted by Crippen LogP contribution is -2.47. The molecular weight excluding hydrogens is 455 g/mol. The minimum Gasteiger partial charge on any atom is -0.467 e. The van der Waals surface area contributed by atoms with Gasteiger partial charge >= 0.3 is 6.03 Å². The predicted molar refractivity (Wildman–Crippen MR) is 119 cm³/mol. The average molecular weight is 477 g/mol. The van der Waals surface area contributed by atoms with Gasteiger partial charge in [-0.15, -0.1) is 0 Å². The smallest absolute Gasteiger partial charge is 0.322 e. The minimum absolute atomic E-state index is 0.115. The van der Waals surface area contributed by atoms with Crippen LogP contribution in [0.5, 0.6) is 0 Å². The van der Waals surface area contributed by atoms with E-state index in [0.29, 0.717) is 45.7 Å². The normalized spacial score (nSPS) is 18.2. The number of carbonyl (C=O) groups is 3. The number of carbonyl (C=O) groups excluding carboxylic acids is 3. The van der Waals surface area contributed by atoms with Crippen molar-refractivity contribution in [2.24, 2.45) is 0 Å². The molecule has 0 saturated heterocycles. The molecule has 1 aromatic carbocycles. The third-order valence-corrected chi connectivity index (χ3v) is 6.17. The largest absolute Gasteiger partial charge is 0.467 e.